The first-order valence-electron chi connectivity index (χ1n) is 5.30. The van der Waals surface area contributed by atoms with Crippen molar-refractivity contribution >= 4 is 6.09 Å². The molecule has 0 aliphatic rings. The van der Waals surface area contributed by atoms with Crippen LogP contribution in [0.5, 0.6) is 0 Å². The highest BCUT2D eigenvalue weighted by atomic mass is 16.6. The van der Waals surface area contributed by atoms with Gasteiger partial charge >= 0.3 is 6.09 Å². The van der Waals surface area contributed by atoms with Crippen LogP contribution in [0.2, 0.25) is 0 Å². The summed E-state index contributed by atoms with van der Waals surface area (Å²) < 4.78 is 6.60. The summed E-state index contributed by atoms with van der Waals surface area (Å²) in [5.74, 6) is 0.614. The maximum atomic E-state index is 11.7. The van der Waals surface area contributed by atoms with Crippen LogP contribution >= 0.6 is 0 Å². The minimum Gasteiger partial charge on any atom is -0.443 e. The lowest BCUT2D eigenvalue weighted by atomic mass is 10.2. The summed E-state index contributed by atoms with van der Waals surface area (Å²) in [5.41, 5.74) is -0.518. The molecule has 0 aromatic carbocycles. The Labute approximate surface area is 95.1 Å². The third kappa shape index (κ3) is 3.66. The van der Waals surface area contributed by atoms with Crippen molar-refractivity contribution in [2.45, 2.75) is 39.2 Å². The number of hydrogen-bond donors (Lipinski definition) is 1. The molecule has 16 heavy (non-hydrogen) atoms. The van der Waals surface area contributed by atoms with E-state index in [0.717, 1.165) is 0 Å². The van der Waals surface area contributed by atoms with E-state index in [1.807, 2.05) is 20.8 Å². The summed E-state index contributed by atoms with van der Waals surface area (Å²) in [6, 6.07) is 0. The normalized spacial score (nSPS) is 11.5. The SMILES string of the molecule is CC(C)(C)OC(=O)n1ccnc1CCCO. The van der Waals surface area contributed by atoms with E-state index in [-0.39, 0.29) is 6.61 Å². The molecular formula is C11H18N2O3. The fraction of sp³-hybridized carbons (Fsp3) is 0.636. The van der Waals surface area contributed by atoms with Crippen molar-refractivity contribution in [3.63, 3.8) is 0 Å². The van der Waals surface area contributed by atoms with Gasteiger partial charge < -0.3 is 9.84 Å². The minimum atomic E-state index is -0.518. The number of aliphatic hydroxyl groups excluding tert-OH is 1. The number of aryl methyl sites for hydroxylation is 1. The molecule has 1 heterocycles. The molecule has 0 amide bonds. The van der Waals surface area contributed by atoms with Crippen molar-refractivity contribution in [3.8, 4) is 0 Å². The van der Waals surface area contributed by atoms with Crippen molar-refractivity contribution < 1.29 is 14.6 Å². The molecule has 1 rings (SSSR count). The van der Waals surface area contributed by atoms with Crippen LogP contribution in [-0.2, 0) is 11.2 Å². The average Bonchev–Trinajstić information content (AvgIpc) is 2.59. The number of ether oxygens (including phenoxy) is 1. The quantitative estimate of drug-likeness (QED) is 0.850. The van der Waals surface area contributed by atoms with E-state index in [9.17, 15) is 4.79 Å². The molecule has 1 N–H and O–H groups in total. The number of aromatic nitrogens is 2. The third-order valence-electron chi connectivity index (χ3n) is 1.87. The summed E-state index contributed by atoms with van der Waals surface area (Å²) >= 11 is 0. The molecule has 0 bridgehead atoms. The zero-order valence-corrected chi connectivity index (χ0v) is 9.93. The number of imidazole rings is 1. The van der Waals surface area contributed by atoms with Gasteiger partial charge in [0.25, 0.3) is 0 Å². The second kappa shape index (κ2) is 5.12. The summed E-state index contributed by atoms with van der Waals surface area (Å²) in [6.45, 7) is 5.53. The molecule has 0 atom stereocenters. The largest absolute Gasteiger partial charge is 0.443 e. The molecule has 90 valence electrons. The van der Waals surface area contributed by atoms with Crippen molar-refractivity contribution in [1.82, 2.24) is 9.55 Å². The number of carbonyl (C=O) groups is 1. The molecule has 0 fully saturated rings. The first-order valence-corrected chi connectivity index (χ1v) is 5.30. The van der Waals surface area contributed by atoms with Crippen LogP contribution in [0.4, 0.5) is 4.79 Å². The monoisotopic (exact) mass is 226 g/mol. The van der Waals surface area contributed by atoms with E-state index in [1.54, 1.807) is 12.4 Å². The van der Waals surface area contributed by atoms with Gasteiger partial charge in [-0.15, -0.1) is 0 Å². The number of carbonyl (C=O) groups excluding carboxylic acids is 1. The van der Waals surface area contributed by atoms with Crippen LogP contribution < -0.4 is 0 Å². The zero-order chi connectivity index (χ0) is 12.2. The van der Waals surface area contributed by atoms with E-state index >= 15 is 0 Å². The summed E-state index contributed by atoms with van der Waals surface area (Å²) in [4.78, 5) is 15.8. The number of rotatable bonds is 3. The van der Waals surface area contributed by atoms with Gasteiger partial charge in [0.15, 0.2) is 0 Å². The van der Waals surface area contributed by atoms with Crippen molar-refractivity contribution in [1.29, 1.82) is 0 Å². The van der Waals surface area contributed by atoms with Gasteiger partial charge in [0.2, 0.25) is 0 Å². The lowest BCUT2D eigenvalue weighted by molar-refractivity contribution is 0.0531. The van der Waals surface area contributed by atoms with Gasteiger partial charge in [-0.25, -0.2) is 14.3 Å². The predicted molar refractivity (Wildman–Crippen MR) is 59.3 cm³/mol. The molecular weight excluding hydrogens is 208 g/mol. The lowest BCUT2D eigenvalue weighted by Gasteiger charge is -2.20. The molecule has 5 heteroatoms. The van der Waals surface area contributed by atoms with Gasteiger partial charge in [-0.05, 0) is 27.2 Å². The van der Waals surface area contributed by atoms with E-state index in [1.165, 1.54) is 4.57 Å². The Bertz CT molecular complexity index is 352. The fourth-order valence-electron chi connectivity index (χ4n) is 1.23. The number of aliphatic hydroxyl groups is 1. The van der Waals surface area contributed by atoms with E-state index < -0.39 is 11.7 Å². The second-order valence-corrected chi connectivity index (χ2v) is 4.52. The Morgan fingerprint density at radius 3 is 2.81 bits per heavy atom. The number of nitrogens with zero attached hydrogens (tertiary/aromatic N) is 2. The van der Waals surface area contributed by atoms with Crippen LogP contribution in [0.1, 0.15) is 33.0 Å². The zero-order valence-electron chi connectivity index (χ0n) is 9.93. The molecule has 0 unspecified atom stereocenters. The molecule has 0 spiro atoms. The maximum Gasteiger partial charge on any atom is 0.419 e. The fourth-order valence-corrected chi connectivity index (χ4v) is 1.23. The smallest absolute Gasteiger partial charge is 0.419 e. The predicted octanol–water partition coefficient (Wildman–Crippen LogP) is 1.59. The molecule has 1 aromatic rings. The highest BCUT2D eigenvalue weighted by Gasteiger charge is 2.19. The van der Waals surface area contributed by atoms with Crippen LogP contribution in [-0.4, -0.2) is 33.0 Å². The second-order valence-electron chi connectivity index (χ2n) is 4.52. The Hall–Kier alpha value is -1.36. The van der Waals surface area contributed by atoms with E-state index in [2.05, 4.69) is 4.98 Å². The Kier molecular flexibility index (Phi) is 4.06. The topological polar surface area (TPSA) is 64.4 Å². The molecule has 0 radical (unpaired) electrons. The first-order chi connectivity index (χ1) is 7.44. The van der Waals surface area contributed by atoms with Gasteiger partial charge in [-0.3, -0.25) is 0 Å². The molecule has 0 aliphatic heterocycles. The van der Waals surface area contributed by atoms with E-state index in [0.29, 0.717) is 18.7 Å². The van der Waals surface area contributed by atoms with Crippen molar-refractivity contribution in [2.24, 2.45) is 0 Å². The first kappa shape index (κ1) is 12.7. The van der Waals surface area contributed by atoms with Crippen LogP contribution in [0.15, 0.2) is 12.4 Å². The lowest BCUT2D eigenvalue weighted by Crippen LogP contribution is -2.27. The highest BCUT2D eigenvalue weighted by molar-refractivity contribution is 5.71. The van der Waals surface area contributed by atoms with Crippen molar-refractivity contribution in [3.05, 3.63) is 18.2 Å². The molecule has 1 aromatic heterocycles. The third-order valence-corrected chi connectivity index (χ3v) is 1.87. The van der Waals surface area contributed by atoms with Gasteiger partial charge in [0.05, 0.1) is 0 Å². The standard InChI is InChI=1S/C11H18N2O3/c1-11(2,3)16-10(15)13-7-6-12-9(13)5-4-8-14/h6-7,14H,4-5,8H2,1-3H3. The van der Waals surface area contributed by atoms with Crippen LogP contribution in [0.3, 0.4) is 0 Å². The Morgan fingerprint density at radius 1 is 1.56 bits per heavy atom. The van der Waals surface area contributed by atoms with Gasteiger partial charge in [-0.1, -0.05) is 0 Å². The van der Waals surface area contributed by atoms with Crippen LogP contribution in [0, 0.1) is 0 Å². The van der Waals surface area contributed by atoms with E-state index in [4.69, 9.17) is 9.84 Å². The molecule has 0 saturated heterocycles. The molecule has 0 saturated carbocycles. The van der Waals surface area contributed by atoms with Gasteiger partial charge in [0.1, 0.15) is 11.4 Å². The Balaban J connectivity index is 2.72. The molecule has 0 aliphatic carbocycles. The maximum absolute atomic E-state index is 11.7. The summed E-state index contributed by atoms with van der Waals surface area (Å²) in [7, 11) is 0. The van der Waals surface area contributed by atoms with Crippen molar-refractivity contribution in [2.75, 3.05) is 6.61 Å². The van der Waals surface area contributed by atoms with Gasteiger partial charge in [-0.2, -0.15) is 0 Å². The average molecular weight is 226 g/mol. The number of hydrogen-bond acceptors (Lipinski definition) is 4. The Morgan fingerprint density at radius 2 is 2.25 bits per heavy atom. The van der Waals surface area contributed by atoms with Gasteiger partial charge in [0, 0.05) is 25.4 Å². The minimum absolute atomic E-state index is 0.0845. The van der Waals surface area contributed by atoms with Crippen LogP contribution in [0.25, 0.3) is 0 Å². The molecule has 5 nitrogen and oxygen atoms in total. The summed E-state index contributed by atoms with van der Waals surface area (Å²) in [6.07, 6.45) is 3.83. The highest BCUT2D eigenvalue weighted by Crippen LogP contribution is 2.10. The summed E-state index contributed by atoms with van der Waals surface area (Å²) in [5, 5.41) is 8.73.